The normalized spacial score (nSPS) is 16.8. The summed E-state index contributed by atoms with van der Waals surface area (Å²) in [5.74, 6) is 0. The van der Waals surface area contributed by atoms with E-state index in [4.69, 9.17) is 5.14 Å². The first kappa shape index (κ1) is 12.3. The highest BCUT2D eigenvalue weighted by atomic mass is 32.2. The van der Waals surface area contributed by atoms with Crippen LogP contribution in [0.2, 0.25) is 0 Å². The van der Waals surface area contributed by atoms with Gasteiger partial charge in [0.2, 0.25) is 20.0 Å². The summed E-state index contributed by atoms with van der Waals surface area (Å²) in [5.41, 5.74) is 0.212. The molecule has 0 atom stereocenters. The zero-order valence-electron chi connectivity index (χ0n) is 8.83. The molecule has 6 nitrogen and oxygen atoms in total. The van der Waals surface area contributed by atoms with Crippen molar-refractivity contribution in [3.8, 4) is 0 Å². The highest BCUT2D eigenvalue weighted by molar-refractivity contribution is 7.93. The molecule has 1 saturated carbocycles. The Balaban J connectivity index is 2.29. The third kappa shape index (κ3) is 2.96. The van der Waals surface area contributed by atoms with Gasteiger partial charge in [0, 0.05) is 5.69 Å². The van der Waals surface area contributed by atoms with E-state index in [-0.39, 0.29) is 15.8 Å². The van der Waals surface area contributed by atoms with E-state index in [1.54, 1.807) is 0 Å². The van der Waals surface area contributed by atoms with Crippen LogP contribution in [0.25, 0.3) is 0 Å². The maximum atomic E-state index is 11.6. The smallest absolute Gasteiger partial charge is 0.238 e. The Bertz CT molecular complexity index is 633. The molecule has 0 heterocycles. The molecule has 17 heavy (non-hydrogen) atoms. The third-order valence-electron chi connectivity index (χ3n) is 2.39. The number of rotatable bonds is 4. The fraction of sp³-hybridized carbons (Fsp3) is 0.333. The van der Waals surface area contributed by atoms with E-state index in [1.807, 2.05) is 0 Å². The lowest BCUT2D eigenvalue weighted by Gasteiger charge is -2.07. The van der Waals surface area contributed by atoms with Crippen LogP contribution in [0.5, 0.6) is 0 Å². The van der Waals surface area contributed by atoms with Crippen molar-refractivity contribution in [2.45, 2.75) is 23.0 Å². The van der Waals surface area contributed by atoms with Gasteiger partial charge in [0.1, 0.15) is 0 Å². The Kier molecular flexibility index (Phi) is 2.88. The highest BCUT2D eigenvalue weighted by Gasteiger charge is 2.35. The summed E-state index contributed by atoms with van der Waals surface area (Å²) in [5, 5.41) is 4.60. The highest BCUT2D eigenvalue weighted by Crippen LogP contribution is 2.29. The van der Waals surface area contributed by atoms with Crippen LogP contribution >= 0.6 is 0 Å². The summed E-state index contributed by atoms with van der Waals surface area (Å²) in [7, 11) is -7.21. The standard InChI is InChI=1S/C9H12N2O4S2/c10-16(12,13)9-3-1-2-7(6-9)11-17(14,15)8-4-5-8/h1-3,6,8,11H,4-5H2,(H2,10,12,13). The van der Waals surface area contributed by atoms with Gasteiger partial charge in [-0.2, -0.15) is 0 Å². The molecule has 0 radical (unpaired) electrons. The monoisotopic (exact) mass is 276 g/mol. The number of hydrogen-bond acceptors (Lipinski definition) is 4. The molecule has 0 saturated heterocycles. The molecule has 8 heteroatoms. The zero-order valence-corrected chi connectivity index (χ0v) is 10.5. The fourth-order valence-corrected chi connectivity index (χ4v) is 3.30. The van der Waals surface area contributed by atoms with Crippen LogP contribution in [0, 0.1) is 0 Å². The number of nitrogens with two attached hydrogens (primary N) is 1. The second-order valence-electron chi connectivity index (χ2n) is 3.92. The summed E-state index contributed by atoms with van der Waals surface area (Å²) >= 11 is 0. The second kappa shape index (κ2) is 3.97. The van der Waals surface area contributed by atoms with Gasteiger partial charge in [-0.25, -0.2) is 22.0 Å². The Labute approximate surface area is 99.9 Å². The van der Waals surface area contributed by atoms with Gasteiger partial charge in [-0.3, -0.25) is 4.72 Å². The zero-order chi connectivity index (χ0) is 12.7. The van der Waals surface area contributed by atoms with Crippen LogP contribution in [-0.4, -0.2) is 22.1 Å². The SMILES string of the molecule is NS(=O)(=O)c1cccc(NS(=O)(=O)C2CC2)c1. The fourth-order valence-electron chi connectivity index (χ4n) is 1.36. The van der Waals surface area contributed by atoms with Crippen molar-refractivity contribution in [1.29, 1.82) is 0 Å². The van der Waals surface area contributed by atoms with E-state index in [0.717, 1.165) is 0 Å². The quantitative estimate of drug-likeness (QED) is 0.821. The van der Waals surface area contributed by atoms with Crippen LogP contribution in [0.15, 0.2) is 29.2 Å². The van der Waals surface area contributed by atoms with Crippen molar-refractivity contribution in [3.63, 3.8) is 0 Å². The van der Waals surface area contributed by atoms with Crippen molar-refractivity contribution in [3.05, 3.63) is 24.3 Å². The van der Waals surface area contributed by atoms with Crippen molar-refractivity contribution < 1.29 is 16.8 Å². The van der Waals surface area contributed by atoms with E-state index in [0.29, 0.717) is 12.8 Å². The molecule has 3 N–H and O–H groups in total. The van der Waals surface area contributed by atoms with Gasteiger partial charge in [0.05, 0.1) is 10.1 Å². The molecule has 1 aliphatic rings. The largest absolute Gasteiger partial charge is 0.283 e. The summed E-state index contributed by atoms with van der Waals surface area (Å²) in [6.07, 6.45) is 1.29. The van der Waals surface area contributed by atoms with Crippen LogP contribution in [0.3, 0.4) is 0 Å². The first-order valence-electron chi connectivity index (χ1n) is 4.93. The van der Waals surface area contributed by atoms with Crippen LogP contribution < -0.4 is 9.86 Å². The van der Waals surface area contributed by atoms with Gasteiger partial charge in [-0.05, 0) is 31.0 Å². The minimum atomic E-state index is -3.82. The average molecular weight is 276 g/mol. The van der Waals surface area contributed by atoms with Gasteiger partial charge in [-0.15, -0.1) is 0 Å². The molecule has 0 aromatic heterocycles. The summed E-state index contributed by atoms with van der Waals surface area (Å²) in [4.78, 5) is -0.117. The van der Waals surface area contributed by atoms with E-state index >= 15 is 0 Å². The summed E-state index contributed by atoms with van der Waals surface area (Å²) < 4.78 is 47.8. The minimum absolute atomic E-state index is 0.117. The van der Waals surface area contributed by atoms with E-state index in [2.05, 4.69) is 4.72 Å². The average Bonchev–Trinajstić information content (AvgIpc) is 2.99. The third-order valence-corrected chi connectivity index (χ3v) is 5.17. The molecule has 0 spiro atoms. The van der Waals surface area contributed by atoms with Crippen LogP contribution in [-0.2, 0) is 20.0 Å². The van der Waals surface area contributed by atoms with Gasteiger partial charge in [-0.1, -0.05) is 6.07 Å². The summed E-state index contributed by atoms with van der Waals surface area (Å²) in [6, 6.07) is 5.43. The molecule has 0 aliphatic heterocycles. The maximum Gasteiger partial charge on any atom is 0.238 e. The molecule has 1 aromatic rings. The lowest BCUT2D eigenvalue weighted by atomic mass is 10.3. The molecule has 2 rings (SSSR count). The number of anilines is 1. The van der Waals surface area contributed by atoms with Crippen molar-refractivity contribution >= 4 is 25.7 Å². The van der Waals surface area contributed by atoms with Crippen molar-refractivity contribution in [2.75, 3.05) is 4.72 Å². The molecule has 1 fully saturated rings. The van der Waals surface area contributed by atoms with E-state index in [9.17, 15) is 16.8 Å². The number of primary sulfonamides is 1. The van der Waals surface area contributed by atoms with Crippen molar-refractivity contribution in [2.24, 2.45) is 5.14 Å². The van der Waals surface area contributed by atoms with Gasteiger partial charge >= 0.3 is 0 Å². The lowest BCUT2D eigenvalue weighted by Crippen LogP contribution is -2.18. The number of nitrogens with one attached hydrogen (secondary N) is 1. The Morgan fingerprint density at radius 1 is 1.18 bits per heavy atom. The number of sulfonamides is 2. The van der Waals surface area contributed by atoms with Gasteiger partial charge < -0.3 is 0 Å². The predicted molar refractivity (Wildman–Crippen MR) is 63.4 cm³/mol. The van der Waals surface area contributed by atoms with Crippen LogP contribution in [0.1, 0.15) is 12.8 Å². The minimum Gasteiger partial charge on any atom is -0.283 e. The Morgan fingerprint density at radius 2 is 1.82 bits per heavy atom. The molecular formula is C9H12N2O4S2. The Hall–Kier alpha value is -1.12. The number of hydrogen-bond donors (Lipinski definition) is 2. The molecule has 0 bridgehead atoms. The van der Waals surface area contributed by atoms with Gasteiger partial charge in [0.15, 0.2) is 0 Å². The molecular weight excluding hydrogens is 264 g/mol. The molecule has 1 aromatic carbocycles. The Morgan fingerprint density at radius 3 is 2.35 bits per heavy atom. The van der Waals surface area contributed by atoms with Crippen molar-refractivity contribution in [1.82, 2.24) is 0 Å². The first-order valence-corrected chi connectivity index (χ1v) is 8.03. The molecule has 94 valence electrons. The van der Waals surface area contributed by atoms with E-state index < -0.39 is 20.0 Å². The maximum absolute atomic E-state index is 11.6. The first-order chi connectivity index (χ1) is 7.79. The second-order valence-corrected chi connectivity index (χ2v) is 7.44. The lowest BCUT2D eigenvalue weighted by molar-refractivity contribution is 0.596. The number of benzene rings is 1. The van der Waals surface area contributed by atoms with E-state index in [1.165, 1.54) is 24.3 Å². The van der Waals surface area contributed by atoms with Crippen LogP contribution in [0.4, 0.5) is 5.69 Å². The summed E-state index contributed by atoms with van der Waals surface area (Å²) in [6.45, 7) is 0. The topological polar surface area (TPSA) is 106 Å². The van der Waals surface area contributed by atoms with Gasteiger partial charge in [0.25, 0.3) is 0 Å². The molecule has 1 aliphatic carbocycles. The predicted octanol–water partition coefficient (Wildman–Crippen LogP) is 0.238. The molecule has 0 amide bonds. The molecule has 0 unspecified atom stereocenters.